The van der Waals surface area contributed by atoms with Gasteiger partial charge in [-0.2, -0.15) is 0 Å². The van der Waals surface area contributed by atoms with Crippen LogP contribution in [-0.4, -0.2) is 20.7 Å². The lowest BCUT2D eigenvalue weighted by atomic mass is 10.1. The van der Waals surface area contributed by atoms with E-state index < -0.39 is 0 Å². The smallest absolute Gasteiger partial charge is 0.247 e. The minimum absolute atomic E-state index is 0.0491. The number of para-hydroxylation sites is 2. The number of imidazole rings is 1. The Morgan fingerprint density at radius 1 is 1.14 bits per heavy atom. The molecule has 0 radical (unpaired) electrons. The Morgan fingerprint density at radius 2 is 1.90 bits per heavy atom. The van der Waals surface area contributed by atoms with Crippen LogP contribution in [0.2, 0.25) is 0 Å². The summed E-state index contributed by atoms with van der Waals surface area (Å²) in [5, 5.41) is 0.552. The molecule has 0 amide bonds. The maximum Gasteiger partial charge on any atom is 0.247 e. The molecule has 0 saturated heterocycles. The second kappa shape index (κ2) is 4.70. The van der Waals surface area contributed by atoms with Crippen molar-refractivity contribution in [1.82, 2.24) is 9.55 Å². The highest BCUT2D eigenvalue weighted by atomic mass is 32.2. The Hall–Kier alpha value is -2.14. The largest absolute Gasteiger partial charge is 0.273 e. The molecule has 3 nitrogen and oxygen atoms in total. The molecule has 1 aromatic heterocycles. The van der Waals surface area contributed by atoms with Crippen molar-refractivity contribution < 1.29 is 9.18 Å². The fourth-order valence-corrected chi connectivity index (χ4v) is 3.76. The van der Waals surface area contributed by atoms with E-state index in [4.69, 9.17) is 0 Å². The summed E-state index contributed by atoms with van der Waals surface area (Å²) in [7, 11) is 0. The lowest BCUT2D eigenvalue weighted by Gasteiger charge is -2.07. The Kier molecular flexibility index (Phi) is 2.82. The normalized spacial score (nSPS) is 17.4. The Balaban J connectivity index is 1.65. The molecule has 0 aliphatic carbocycles. The van der Waals surface area contributed by atoms with E-state index in [0.717, 1.165) is 21.8 Å². The van der Waals surface area contributed by atoms with Crippen LogP contribution >= 0.6 is 11.8 Å². The summed E-state index contributed by atoms with van der Waals surface area (Å²) in [5.41, 5.74) is 2.65. The fraction of sp³-hybridized carbons (Fsp3) is 0.125. The SMILES string of the molecule is O=C1C(Cc2ccc(F)cc2)Sc2nc3ccccc3n21. The van der Waals surface area contributed by atoms with Crippen LogP contribution in [0, 0.1) is 5.82 Å². The van der Waals surface area contributed by atoms with Gasteiger partial charge in [-0.25, -0.2) is 9.37 Å². The summed E-state index contributed by atoms with van der Waals surface area (Å²) in [6.07, 6.45) is 0.585. The third-order valence-corrected chi connectivity index (χ3v) is 4.75. The molecule has 0 saturated carbocycles. The van der Waals surface area contributed by atoms with Crippen LogP contribution in [0.4, 0.5) is 4.39 Å². The van der Waals surface area contributed by atoms with E-state index >= 15 is 0 Å². The predicted octanol–water partition coefficient (Wildman–Crippen LogP) is 3.53. The molecule has 4 rings (SSSR count). The molecule has 0 spiro atoms. The summed E-state index contributed by atoms with van der Waals surface area (Å²) < 4.78 is 14.6. The molecule has 5 heteroatoms. The summed E-state index contributed by atoms with van der Waals surface area (Å²) >= 11 is 1.48. The van der Waals surface area contributed by atoms with Crippen LogP contribution in [0.3, 0.4) is 0 Å². The fourth-order valence-electron chi connectivity index (χ4n) is 2.58. The molecule has 104 valence electrons. The molecule has 0 fully saturated rings. The van der Waals surface area contributed by atoms with Gasteiger partial charge >= 0.3 is 0 Å². The molecular weight excluding hydrogens is 287 g/mol. The van der Waals surface area contributed by atoms with E-state index in [9.17, 15) is 9.18 Å². The van der Waals surface area contributed by atoms with Gasteiger partial charge in [0.2, 0.25) is 5.91 Å². The van der Waals surface area contributed by atoms with Crippen LogP contribution in [-0.2, 0) is 6.42 Å². The minimum Gasteiger partial charge on any atom is -0.273 e. The van der Waals surface area contributed by atoms with Crippen LogP contribution < -0.4 is 0 Å². The Labute approximate surface area is 124 Å². The Bertz CT molecular complexity index is 841. The van der Waals surface area contributed by atoms with E-state index in [2.05, 4.69) is 4.98 Å². The van der Waals surface area contributed by atoms with Gasteiger partial charge in [0, 0.05) is 0 Å². The highest BCUT2D eigenvalue weighted by Crippen LogP contribution is 2.36. The van der Waals surface area contributed by atoms with Crippen LogP contribution in [0.1, 0.15) is 10.4 Å². The van der Waals surface area contributed by atoms with Gasteiger partial charge in [-0.3, -0.25) is 9.36 Å². The maximum atomic E-state index is 12.9. The van der Waals surface area contributed by atoms with Gasteiger partial charge in [-0.1, -0.05) is 36.0 Å². The number of carbonyl (C=O) groups excluding carboxylic acids is 1. The second-order valence-electron chi connectivity index (χ2n) is 4.99. The number of benzene rings is 2. The Morgan fingerprint density at radius 3 is 2.71 bits per heavy atom. The highest BCUT2D eigenvalue weighted by Gasteiger charge is 2.34. The van der Waals surface area contributed by atoms with Crippen LogP contribution in [0.5, 0.6) is 0 Å². The molecule has 0 N–H and O–H groups in total. The third kappa shape index (κ3) is 2.05. The summed E-state index contributed by atoms with van der Waals surface area (Å²) in [5.74, 6) is -0.212. The minimum atomic E-state index is -0.261. The number of thioether (sulfide) groups is 1. The number of nitrogens with zero attached hydrogens (tertiary/aromatic N) is 2. The summed E-state index contributed by atoms with van der Waals surface area (Å²) in [4.78, 5) is 17.1. The van der Waals surface area contributed by atoms with Crippen molar-refractivity contribution in [1.29, 1.82) is 0 Å². The quantitative estimate of drug-likeness (QED) is 0.726. The molecule has 1 atom stereocenters. The monoisotopic (exact) mass is 298 g/mol. The first kappa shape index (κ1) is 12.6. The molecule has 2 aromatic carbocycles. The maximum absolute atomic E-state index is 12.9. The number of hydrogen-bond donors (Lipinski definition) is 0. The van der Waals surface area contributed by atoms with E-state index in [-0.39, 0.29) is 17.0 Å². The van der Waals surface area contributed by atoms with Gasteiger partial charge in [0.25, 0.3) is 0 Å². The predicted molar refractivity (Wildman–Crippen MR) is 80.1 cm³/mol. The molecule has 1 aliphatic rings. The zero-order chi connectivity index (χ0) is 14.4. The van der Waals surface area contributed by atoms with Crippen molar-refractivity contribution in [2.24, 2.45) is 0 Å². The van der Waals surface area contributed by atoms with Crippen molar-refractivity contribution in [2.45, 2.75) is 16.8 Å². The lowest BCUT2D eigenvalue weighted by molar-refractivity contribution is 0.0914. The van der Waals surface area contributed by atoms with E-state index in [1.165, 1.54) is 23.9 Å². The van der Waals surface area contributed by atoms with E-state index in [1.807, 2.05) is 24.3 Å². The average molecular weight is 298 g/mol. The second-order valence-corrected chi connectivity index (χ2v) is 6.16. The molecular formula is C16H11FN2OS. The van der Waals surface area contributed by atoms with Crippen molar-refractivity contribution in [3.8, 4) is 0 Å². The standard InChI is InChI=1S/C16H11FN2OS/c17-11-7-5-10(6-8-11)9-14-15(20)19-13-4-2-1-3-12(13)18-16(19)21-14/h1-8,14H,9H2. The molecule has 1 unspecified atom stereocenters. The molecule has 2 heterocycles. The number of aromatic nitrogens is 2. The van der Waals surface area contributed by atoms with Crippen molar-refractivity contribution in [3.05, 3.63) is 59.9 Å². The zero-order valence-electron chi connectivity index (χ0n) is 11.0. The molecule has 1 aliphatic heterocycles. The van der Waals surface area contributed by atoms with E-state index in [1.54, 1.807) is 16.7 Å². The van der Waals surface area contributed by atoms with Gasteiger partial charge in [0.1, 0.15) is 5.82 Å². The average Bonchev–Trinajstić information content (AvgIpc) is 2.99. The van der Waals surface area contributed by atoms with Gasteiger partial charge < -0.3 is 0 Å². The zero-order valence-corrected chi connectivity index (χ0v) is 11.8. The molecule has 3 aromatic rings. The van der Waals surface area contributed by atoms with Crippen LogP contribution in [0.15, 0.2) is 53.7 Å². The van der Waals surface area contributed by atoms with Gasteiger partial charge in [0.15, 0.2) is 5.16 Å². The summed E-state index contributed by atoms with van der Waals surface area (Å²) in [6, 6.07) is 13.9. The first-order valence-corrected chi connectivity index (χ1v) is 7.53. The molecule has 21 heavy (non-hydrogen) atoms. The number of fused-ring (bicyclic) bond motifs is 3. The van der Waals surface area contributed by atoms with Crippen molar-refractivity contribution in [3.63, 3.8) is 0 Å². The summed E-state index contributed by atoms with van der Waals surface area (Å²) in [6.45, 7) is 0. The van der Waals surface area contributed by atoms with Gasteiger partial charge in [-0.05, 0) is 36.2 Å². The first-order valence-electron chi connectivity index (χ1n) is 6.65. The van der Waals surface area contributed by atoms with Gasteiger partial charge in [0.05, 0.1) is 16.3 Å². The number of halogens is 1. The lowest BCUT2D eigenvalue weighted by Crippen LogP contribution is -2.19. The number of carbonyl (C=O) groups is 1. The highest BCUT2D eigenvalue weighted by molar-refractivity contribution is 8.00. The molecule has 0 bridgehead atoms. The van der Waals surface area contributed by atoms with E-state index in [0.29, 0.717) is 6.42 Å². The van der Waals surface area contributed by atoms with Crippen LogP contribution in [0.25, 0.3) is 11.0 Å². The van der Waals surface area contributed by atoms with Crippen molar-refractivity contribution in [2.75, 3.05) is 0 Å². The third-order valence-electron chi connectivity index (χ3n) is 3.61. The topological polar surface area (TPSA) is 34.9 Å². The first-order chi connectivity index (χ1) is 10.2. The number of hydrogen-bond acceptors (Lipinski definition) is 3. The van der Waals surface area contributed by atoms with Crippen molar-refractivity contribution >= 4 is 28.7 Å². The number of rotatable bonds is 2. The van der Waals surface area contributed by atoms with Gasteiger partial charge in [-0.15, -0.1) is 0 Å².